The second kappa shape index (κ2) is 1.37. The molecular weight excluding hydrogens is 76.1 g/mol. The summed E-state index contributed by atoms with van der Waals surface area (Å²) in [6, 6.07) is 2.55. The van der Waals surface area contributed by atoms with Crippen molar-refractivity contribution in [3.63, 3.8) is 0 Å². The fourth-order valence-electron chi connectivity index (χ4n) is 0.199. The van der Waals surface area contributed by atoms with E-state index in [9.17, 15) is 0 Å². The third-order valence-electron chi connectivity index (χ3n) is 0.393. The van der Waals surface area contributed by atoms with Crippen LogP contribution in [0, 0.1) is 12.3 Å². The summed E-state index contributed by atoms with van der Waals surface area (Å²) < 4.78 is 0. The molecule has 1 heterocycles. The maximum Gasteiger partial charge on any atom is 0.126 e. The second-order valence-electron chi connectivity index (χ2n) is 0.779. The van der Waals surface area contributed by atoms with E-state index in [1.807, 2.05) is 0 Å². The Balaban J connectivity index is 3.00. The Hall–Kier alpha value is -1.10. The molecule has 2 nitrogen and oxygen atoms in total. The van der Waals surface area contributed by atoms with Gasteiger partial charge in [0.2, 0.25) is 0 Å². The molecule has 6 heavy (non-hydrogen) atoms. The highest BCUT2D eigenvalue weighted by atomic mass is 14.8. The van der Waals surface area contributed by atoms with Gasteiger partial charge in [0.05, 0.1) is 6.20 Å². The van der Waals surface area contributed by atoms with Gasteiger partial charge in [-0.2, -0.15) is 4.98 Å². The topological polar surface area (TPSA) is 25.8 Å². The Morgan fingerprint density at radius 2 is 2.50 bits per heavy atom. The molecule has 0 atom stereocenters. The van der Waals surface area contributed by atoms with Gasteiger partial charge in [-0.05, 0) is 6.07 Å². The number of hydrogen-bond donors (Lipinski definition) is 0. The highest BCUT2D eigenvalue weighted by molar-refractivity contribution is 4.58. The fraction of sp³-hybridized carbons (Fsp3) is 0. The van der Waals surface area contributed by atoms with Crippen molar-refractivity contribution < 1.29 is 0 Å². The Morgan fingerprint density at radius 1 is 1.50 bits per heavy atom. The summed E-state index contributed by atoms with van der Waals surface area (Å²) >= 11 is 0. The molecule has 2 heteroatoms. The van der Waals surface area contributed by atoms with Crippen LogP contribution in [0.4, 0.5) is 0 Å². The zero-order valence-corrected chi connectivity index (χ0v) is 3.05. The van der Waals surface area contributed by atoms with E-state index in [0.29, 0.717) is 0 Å². The molecule has 0 radical (unpaired) electrons. The van der Waals surface area contributed by atoms with Gasteiger partial charge in [-0.1, -0.05) is 0 Å². The van der Waals surface area contributed by atoms with Gasteiger partial charge in [0.1, 0.15) is 6.33 Å². The van der Waals surface area contributed by atoms with Crippen molar-refractivity contribution in [2.45, 2.75) is 0 Å². The number of aromatic nitrogens is 2. The van der Waals surface area contributed by atoms with Gasteiger partial charge in [0.15, 0.2) is 0 Å². The smallest absolute Gasteiger partial charge is 0.126 e. The van der Waals surface area contributed by atoms with E-state index in [1.54, 1.807) is 0 Å². The number of hydrogen-bond acceptors (Lipinski definition) is 2. The highest BCUT2D eigenvalue weighted by Crippen LogP contribution is 1.55. The van der Waals surface area contributed by atoms with E-state index in [0.717, 1.165) is 0 Å². The van der Waals surface area contributed by atoms with Gasteiger partial charge < -0.3 is 0 Å². The predicted molar refractivity (Wildman–Crippen MR) is 19.7 cm³/mol. The first-order valence-electron chi connectivity index (χ1n) is 1.54. The lowest BCUT2D eigenvalue weighted by molar-refractivity contribution is 1.18. The molecule has 0 amide bonds. The molecule has 0 bridgehead atoms. The molecule has 0 aliphatic rings. The lowest BCUT2D eigenvalue weighted by atomic mass is 10.8. The zero-order valence-electron chi connectivity index (χ0n) is 3.05. The molecule has 1 aromatic heterocycles. The number of nitrogens with zero attached hydrogens (tertiary/aromatic N) is 2. The number of rotatable bonds is 0. The maximum atomic E-state index is 3.59. The van der Waals surface area contributed by atoms with Crippen LogP contribution < -0.4 is 0 Å². The van der Waals surface area contributed by atoms with Crippen LogP contribution in [0.25, 0.3) is 0 Å². The van der Waals surface area contributed by atoms with E-state index in [4.69, 9.17) is 0 Å². The van der Waals surface area contributed by atoms with Crippen LogP contribution in [0.5, 0.6) is 0 Å². The summed E-state index contributed by atoms with van der Waals surface area (Å²) in [5, 5.41) is 0. The summed E-state index contributed by atoms with van der Waals surface area (Å²) in [7, 11) is 0. The van der Waals surface area contributed by atoms with Gasteiger partial charge in [0, 0.05) is 6.20 Å². The van der Waals surface area contributed by atoms with E-state index < -0.39 is 0 Å². The van der Waals surface area contributed by atoms with Gasteiger partial charge in [-0.3, -0.25) is 0 Å². The molecule has 0 spiro atoms. The summed E-state index contributed by atoms with van der Waals surface area (Å²) in [6.07, 6.45) is 5.38. The van der Waals surface area contributed by atoms with Crippen LogP contribution in [0.3, 0.4) is 0 Å². The van der Waals surface area contributed by atoms with Crippen molar-refractivity contribution in [1.29, 1.82) is 0 Å². The molecule has 0 N–H and O–H groups in total. The first-order chi connectivity index (χ1) is 3.00. The van der Waals surface area contributed by atoms with Gasteiger partial charge in [-0.25, -0.2) is 4.98 Å². The summed E-state index contributed by atoms with van der Waals surface area (Å²) in [6.45, 7) is 0. The van der Waals surface area contributed by atoms with Crippen molar-refractivity contribution in [3.05, 3.63) is 24.8 Å². The van der Waals surface area contributed by atoms with Crippen LogP contribution in [-0.2, 0) is 0 Å². The van der Waals surface area contributed by atoms with Gasteiger partial charge >= 0.3 is 0 Å². The molecule has 0 saturated heterocycles. The standard InChI is InChI=1S/C4H2N2/c1-2-5-4-6-3-1/h2,4H. The molecular formula is C4H2N2. The summed E-state index contributed by atoms with van der Waals surface area (Å²) in [5.74, 6) is 0. The third-order valence-corrected chi connectivity index (χ3v) is 0.393. The van der Waals surface area contributed by atoms with Crippen molar-refractivity contribution in [1.82, 2.24) is 9.97 Å². The van der Waals surface area contributed by atoms with Crippen LogP contribution in [0.15, 0.2) is 12.5 Å². The monoisotopic (exact) mass is 78.0 g/mol. The van der Waals surface area contributed by atoms with Crippen LogP contribution in [-0.4, -0.2) is 9.97 Å². The molecule has 28 valence electrons. The van der Waals surface area contributed by atoms with Crippen molar-refractivity contribution in [2.75, 3.05) is 0 Å². The molecule has 1 aromatic rings. The molecule has 1 rings (SSSR count). The normalized spacial score (nSPS) is 6.67. The summed E-state index contributed by atoms with van der Waals surface area (Å²) in [4.78, 5) is 7.08. The molecule has 0 aliphatic carbocycles. The Morgan fingerprint density at radius 3 is 2.67 bits per heavy atom. The molecule has 0 saturated carbocycles. The Kier molecular flexibility index (Phi) is 0.707. The van der Waals surface area contributed by atoms with Crippen molar-refractivity contribution >= 4 is 0 Å². The van der Waals surface area contributed by atoms with Crippen LogP contribution >= 0.6 is 0 Å². The average molecular weight is 78.1 g/mol. The fourth-order valence-corrected chi connectivity index (χ4v) is 0.199. The minimum atomic E-state index is 1.41. The largest absolute Gasteiger partial charge is 0.235 e. The van der Waals surface area contributed by atoms with E-state index in [-0.39, 0.29) is 0 Å². The maximum absolute atomic E-state index is 3.59. The Labute approximate surface area is 35.9 Å². The lowest BCUT2D eigenvalue weighted by Crippen LogP contribution is -1.63. The van der Waals surface area contributed by atoms with Gasteiger partial charge in [-0.15, -0.1) is 0 Å². The first kappa shape index (κ1) is 3.10. The summed E-state index contributed by atoms with van der Waals surface area (Å²) in [5.41, 5.74) is 0. The average Bonchev–Trinajstić information content (AvgIpc) is 1.72. The second-order valence-corrected chi connectivity index (χ2v) is 0.779. The zero-order chi connectivity index (χ0) is 4.24. The Bertz CT molecular complexity index is 77.5. The minimum absolute atomic E-state index is 1.41. The van der Waals surface area contributed by atoms with E-state index in [2.05, 4.69) is 22.2 Å². The quantitative estimate of drug-likeness (QED) is 0.439. The highest BCUT2D eigenvalue weighted by Gasteiger charge is 1.54. The molecule has 0 aromatic carbocycles. The van der Waals surface area contributed by atoms with Crippen LogP contribution in [0.1, 0.15) is 0 Å². The third kappa shape index (κ3) is 0.436. The minimum Gasteiger partial charge on any atom is -0.235 e. The lowest BCUT2D eigenvalue weighted by Gasteiger charge is -1.61. The SMILES string of the molecule is c1cncnc#1. The molecule has 0 fully saturated rings. The van der Waals surface area contributed by atoms with Crippen molar-refractivity contribution in [3.8, 4) is 0 Å². The molecule has 0 aliphatic heterocycles. The van der Waals surface area contributed by atoms with Crippen LogP contribution in [0.2, 0.25) is 0 Å². The predicted octanol–water partition coefficient (Wildman–Crippen LogP) is 0.0770. The van der Waals surface area contributed by atoms with Crippen molar-refractivity contribution in [2.24, 2.45) is 0 Å². The first-order valence-corrected chi connectivity index (χ1v) is 1.54. The van der Waals surface area contributed by atoms with E-state index in [1.165, 1.54) is 12.5 Å². The van der Waals surface area contributed by atoms with Gasteiger partial charge in [0.25, 0.3) is 0 Å². The van der Waals surface area contributed by atoms with E-state index >= 15 is 0 Å². The molecule has 0 unspecified atom stereocenters.